The zero-order valence-electron chi connectivity index (χ0n) is 7.10. The van der Waals surface area contributed by atoms with E-state index in [-0.39, 0.29) is 0 Å². The molecular weight excluding hydrogens is 184 g/mol. The number of hydrogen-bond acceptors (Lipinski definition) is 4. The lowest BCUT2D eigenvalue weighted by Gasteiger charge is -1.97. The molecule has 0 bridgehead atoms. The number of nitrogens with zero attached hydrogens (tertiary/aromatic N) is 2. The van der Waals surface area contributed by atoms with Crippen LogP contribution in [0.1, 0.15) is 0 Å². The second-order valence-corrected chi connectivity index (χ2v) is 3.20. The average molecular weight is 192 g/mol. The fourth-order valence-electron chi connectivity index (χ4n) is 1.09. The van der Waals surface area contributed by atoms with Gasteiger partial charge in [-0.2, -0.15) is 0 Å². The van der Waals surface area contributed by atoms with Crippen LogP contribution < -0.4 is 4.74 Å². The normalized spacial score (nSPS) is 9.92. The van der Waals surface area contributed by atoms with Gasteiger partial charge in [0.15, 0.2) is 0 Å². The van der Waals surface area contributed by atoms with Gasteiger partial charge in [-0.05, 0) is 0 Å². The molecule has 0 saturated carbocycles. The van der Waals surface area contributed by atoms with Gasteiger partial charge in [-0.15, -0.1) is 5.10 Å². The number of ether oxygens (including phenoxy) is 1. The second-order valence-electron chi connectivity index (χ2n) is 2.48. The van der Waals surface area contributed by atoms with Gasteiger partial charge in [0, 0.05) is 17.1 Å². The molecule has 0 aliphatic heterocycles. The summed E-state index contributed by atoms with van der Waals surface area (Å²) in [5.41, 5.74) is 1.85. The molecule has 13 heavy (non-hydrogen) atoms. The van der Waals surface area contributed by atoms with Crippen LogP contribution in [-0.4, -0.2) is 16.7 Å². The predicted octanol–water partition coefficient (Wildman–Crippen LogP) is 2.21. The molecule has 0 fully saturated rings. The fourth-order valence-corrected chi connectivity index (χ4v) is 1.60. The van der Waals surface area contributed by atoms with Crippen molar-refractivity contribution in [2.24, 2.45) is 0 Å². The van der Waals surface area contributed by atoms with Crippen LogP contribution in [0.25, 0.3) is 11.3 Å². The van der Waals surface area contributed by atoms with Gasteiger partial charge in [0.2, 0.25) is 5.06 Å². The zero-order valence-corrected chi connectivity index (χ0v) is 7.91. The zero-order chi connectivity index (χ0) is 9.10. The van der Waals surface area contributed by atoms with E-state index in [0.717, 1.165) is 16.3 Å². The lowest BCUT2D eigenvalue weighted by molar-refractivity contribution is 0.428. The van der Waals surface area contributed by atoms with Crippen LogP contribution >= 0.6 is 11.5 Å². The van der Waals surface area contributed by atoms with Crippen molar-refractivity contribution < 1.29 is 4.74 Å². The van der Waals surface area contributed by atoms with Crippen molar-refractivity contribution in [2.45, 2.75) is 0 Å². The third-order valence-corrected chi connectivity index (χ3v) is 2.38. The number of hydrogen-bond donors (Lipinski definition) is 0. The fraction of sp³-hybridized carbons (Fsp3) is 0.111. The van der Waals surface area contributed by atoms with E-state index in [1.807, 2.05) is 30.3 Å². The molecule has 0 spiro atoms. The first-order chi connectivity index (χ1) is 6.42. The molecule has 4 heteroatoms. The molecule has 1 aromatic heterocycles. The second kappa shape index (κ2) is 3.53. The van der Waals surface area contributed by atoms with Gasteiger partial charge in [0.25, 0.3) is 0 Å². The Balaban J connectivity index is 2.47. The highest BCUT2D eigenvalue weighted by atomic mass is 32.1. The van der Waals surface area contributed by atoms with Crippen molar-refractivity contribution in [1.82, 2.24) is 9.59 Å². The highest BCUT2D eigenvalue weighted by Gasteiger charge is 2.09. The van der Waals surface area contributed by atoms with Crippen LogP contribution in [-0.2, 0) is 0 Å². The van der Waals surface area contributed by atoms with Gasteiger partial charge in [0.1, 0.15) is 5.69 Å². The number of rotatable bonds is 2. The SMILES string of the molecule is COc1snnc1-c1ccccc1. The molecule has 0 aliphatic carbocycles. The van der Waals surface area contributed by atoms with E-state index in [1.165, 1.54) is 11.5 Å². The number of benzene rings is 1. The van der Waals surface area contributed by atoms with E-state index >= 15 is 0 Å². The van der Waals surface area contributed by atoms with Crippen LogP contribution in [0.3, 0.4) is 0 Å². The lowest BCUT2D eigenvalue weighted by atomic mass is 10.2. The molecule has 0 N–H and O–H groups in total. The summed E-state index contributed by atoms with van der Waals surface area (Å²) < 4.78 is 8.97. The van der Waals surface area contributed by atoms with Gasteiger partial charge >= 0.3 is 0 Å². The maximum absolute atomic E-state index is 5.13. The van der Waals surface area contributed by atoms with Gasteiger partial charge in [-0.1, -0.05) is 34.8 Å². The van der Waals surface area contributed by atoms with E-state index in [9.17, 15) is 0 Å². The summed E-state index contributed by atoms with van der Waals surface area (Å²) in [6, 6.07) is 9.87. The average Bonchev–Trinajstić information content (AvgIpc) is 2.67. The minimum Gasteiger partial charge on any atom is -0.485 e. The van der Waals surface area contributed by atoms with Crippen LogP contribution in [0.15, 0.2) is 30.3 Å². The molecule has 0 unspecified atom stereocenters. The molecule has 0 saturated heterocycles. The summed E-state index contributed by atoms with van der Waals surface area (Å²) in [6.07, 6.45) is 0. The maximum Gasteiger partial charge on any atom is 0.222 e. The summed E-state index contributed by atoms with van der Waals surface area (Å²) in [5, 5.41) is 4.76. The third-order valence-electron chi connectivity index (χ3n) is 1.69. The van der Waals surface area contributed by atoms with Crippen molar-refractivity contribution in [3.8, 4) is 16.3 Å². The number of aromatic nitrogens is 2. The summed E-state index contributed by atoms with van der Waals surface area (Å²) in [7, 11) is 1.63. The Morgan fingerprint density at radius 1 is 1.23 bits per heavy atom. The number of methoxy groups -OCH3 is 1. The first-order valence-electron chi connectivity index (χ1n) is 3.83. The maximum atomic E-state index is 5.13. The van der Waals surface area contributed by atoms with Crippen molar-refractivity contribution in [2.75, 3.05) is 7.11 Å². The van der Waals surface area contributed by atoms with Gasteiger partial charge in [-0.3, -0.25) is 0 Å². The third kappa shape index (κ3) is 1.53. The van der Waals surface area contributed by atoms with Crippen molar-refractivity contribution in [1.29, 1.82) is 0 Å². The predicted molar refractivity (Wildman–Crippen MR) is 51.9 cm³/mol. The monoisotopic (exact) mass is 192 g/mol. The summed E-state index contributed by atoms with van der Waals surface area (Å²) in [5.74, 6) is 0. The molecule has 0 amide bonds. The Hall–Kier alpha value is -1.42. The summed E-state index contributed by atoms with van der Waals surface area (Å²) in [4.78, 5) is 0. The molecule has 3 nitrogen and oxygen atoms in total. The smallest absolute Gasteiger partial charge is 0.222 e. The van der Waals surface area contributed by atoms with Gasteiger partial charge < -0.3 is 4.74 Å². The van der Waals surface area contributed by atoms with Crippen LogP contribution in [0.5, 0.6) is 5.06 Å². The largest absolute Gasteiger partial charge is 0.485 e. The first kappa shape index (κ1) is 8.19. The van der Waals surface area contributed by atoms with Crippen molar-refractivity contribution >= 4 is 11.5 Å². The van der Waals surface area contributed by atoms with E-state index in [0.29, 0.717) is 0 Å². The van der Waals surface area contributed by atoms with Crippen LogP contribution in [0.2, 0.25) is 0 Å². The Bertz CT molecular complexity index is 386. The van der Waals surface area contributed by atoms with E-state index in [4.69, 9.17) is 4.74 Å². The first-order valence-corrected chi connectivity index (χ1v) is 4.61. The molecule has 1 aromatic carbocycles. The molecule has 2 aromatic rings. The molecule has 0 atom stereocenters. The van der Waals surface area contributed by atoms with E-state index in [2.05, 4.69) is 9.59 Å². The minimum atomic E-state index is 0.756. The van der Waals surface area contributed by atoms with E-state index < -0.39 is 0 Å². The van der Waals surface area contributed by atoms with Crippen molar-refractivity contribution in [3.05, 3.63) is 30.3 Å². The highest BCUT2D eigenvalue weighted by molar-refractivity contribution is 7.08. The summed E-state index contributed by atoms with van der Waals surface area (Å²) >= 11 is 1.26. The van der Waals surface area contributed by atoms with Crippen LogP contribution in [0.4, 0.5) is 0 Å². The quantitative estimate of drug-likeness (QED) is 0.731. The van der Waals surface area contributed by atoms with Gasteiger partial charge in [-0.25, -0.2) is 0 Å². The molecular formula is C9H8N2OS. The lowest BCUT2D eigenvalue weighted by Crippen LogP contribution is -1.83. The molecule has 1 heterocycles. The Kier molecular flexibility index (Phi) is 2.23. The van der Waals surface area contributed by atoms with Crippen molar-refractivity contribution in [3.63, 3.8) is 0 Å². The standard InChI is InChI=1S/C9H8N2OS/c1-12-9-8(10-11-13-9)7-5-3-2-4-6-7/h2-6H,1H3. The Morgan fingerprint density at radius 2 is 2.00 bits per heavy atom. The minimum absolute atomic E-state index is 0.756. The molecule has 66 valence electrons. The summed E-state index contributed by atoms with van der Waals surface area (Å²) in [6.45, 7) is 0. The van der Waals surface area contributed by atoms with E-state index in [1.54, 1.807) is 7.11 Å². The van der Waals surface area contributed by atoms with Crippen LogP contribution in [0, 0.1) is 0 Å². The van der Waals surface area contributed by atoms with Gasteiger partial charge in [0.05, 0.1) is 7.11 Å². The Labute approximate surface area is 80.2 Å². The molecule has 0 aliphatic rings. The molecule has 2 rings (SSSR count). The molecule has 0 radical (unpaired) electrons. The highest BCUT2D eigenvalue weighted by Crippen LogP contribution is 2.29. The topological polar surface area (TPSA) is 35.0 Å². The Morgan fingerprint density at radius 3 is 2.69 bits per heavy atom.